The van der Waals surface area contributed by atoms with E-state index >= 15 is 0 Å². The van der Waals surface area contributed by atoms with E-state index in [1.807, 2.05) is 12.2 Å². The number of aliphatic hydroxyl groups excluding tert-OH is 3. The number of aromatic hydroxyl groups is 1. The molecule has 7 N–H and O–H groups in total. The van der Waals surface area contributed by atoms with Crippen molar-refractivity contribution in [1.29, 1.82) is 0 Å². The first-order valence-corrected chi connectivity index (χ1v) is 18.4. The smallest absolute Gasteiger partial charge is 0.303 e. The van der Waals surface area contributed by atoms with Gasteiger partial charge in [0.1, 0.15) is 5.75 Å². The van der Waals surface area contributed by atoms with Crippen molar-refractivity contribution >= 4 is 5.97 Å². The van der Waals surface area contributed by atoms with Crippen molar-refractivity contribution in [3.05, 3.63) is 88.5 Å². The molecule has 274 valence electrons. The van der Waals surface area contributed by atoms with Gasteiger partial charge >= 0.3 is 5.97 Å². The van der Waals surface area contributed by atoms with Crippen molar-refractivity contribution in [2.24, 2.45) is 0 Å². The highest BCUT2D eigenvalue weighted by atomic mass is 16.4. The first kappa shape index (κ1) is 42.2. The maximum Gasteiger partial charge on any atom is 0.303 e. The van der Waals surface area contributed by atoms with Crippen LogP contribution in [0.4, 0.5) is 0 Å². The minimum Gasteiger partial charge on any atom is -0.508 e. The second kappa shape index (κ2) is 23.4. The molecule has 0 unspecified atom stereocenters. The summed E-state index contributed by atoms with van der Waals surface area (Å²) < 4.78 is 0. The Kier molecular flexibility index (Phi) is 20.1. The molecule has 0 amide bonds. The fraction of sp³-hybridized carbons (Fsp3) is 0.585. The van der Waals surface area contributed by atoms with E-state index in [1.165, 1.54) is 11.1 Å². The van der Waals surface area contributed by atoms with E-state index in [1.54, 1.807) is 31.2 Å². The Hall–Kier alpha value is -3.01. The SMILES string of the molecule is CCCCC[C@H](O)C=CC(CCc1cccc(CC)c1)=C(C[C@H](O)CO)[C@H](CCCCCCC(=O)O)NC[C@@](C)(O)Cc1ccc(O)cc1. The van der Waals surface area contributed by atoms with Crippen LogP contribution in [0.3, 0.4) is 0 Å². The Labute approximate surface area is 294 Å². The number of hydrogen-bond acceptors (Lipinski definition) is 7. The summed E-state index contributed by atoms with van der Waals surface area (Å²) >= 11 is 0. The minimum atomic E-state index is -1.12. The molecule has 0 saturated heterocycles. The summed E-state index contributed by atoms with van der Waals surface area (Å²) in [5.41, 5.74) is 4.17. The van der Waals surface area contributed by atoms with Crippen LogP contribution < -0.4 is 5.32 Å². The molecule has 0 spiro atoms. The van der Waals surface area contributed by atoms with Gasteiger partial charge < -0.3 is 36.0 Å². The Morgan fingerprint density at radius 3 is 2.27 bits per heavy atom. The van der Waals surface area contributed by atoms with Gasteiger partial charge in [-0.15, -0.1) is 0 Å². The Bertz CT molecular complexity index is 1270. The van der Waals surface area contributed by atoms with E-state index in [9.17, 15) is 30.3 Å². The number of aryl methyl sites for hydroxylation is 2. The summed E-state index contributed by atoms with van der Waals surface area (Å²) in [6.45, 7) is 5.91. The van der Waals surface area contributed by atoms with Crippen LogP contribution in [0.1, 0.15) is 115 Å². The topological polar surface area (TPSA) is 150 Å². The fourth-order valence-corrected chi connectivity index (χ4v) is 6.21. The summed E-state index contributed by atoms with van der Waals surface area (Å²) in [7, 11) is 0. The zero-order chi connectivity index (χ0) is 36.1. The predicted molar refractivity (Wildman–Crippen MR) is 198 cm³/mol. The molecule has 49 heavy (non-hydrogen) atoms. The van der Waals surface area contributed by atoms with Crippen molar-refractivity contribution < 1.29 is 35.4 Å². The molecular formula is C41H63NO7. The molecule has 0 fully saturated rings. The Balaban J connectivity index is 2.48. The first-order chi connectivity index (χ1) is 23.5. The number of carboxylic acids is 1. The monoisotopic (exact) mass is 681 g/mol. The molecule has 0 heterocycles. The third-order valence-electron chi connectivity index (χ3n) is 9.09. The summed E-state index contributed by atoms with van der Waals surface area (Å²) in [5, 5.41) is 65.5. The molecule has 2 aromatic carbocycles. The second-order valence-electron chi connectivity index (χ2n) is 13.8. The molecule has 8 heteroatoms. The minimum absolute atomic E-state index is 0.143. The van der Waals surface area contributed by atoms with Crippen LogP contribution in [0.25, 0.3) is 0 Å². The Morgan fingerprint density at radius 2 is 1.59 bits per heavy atom. The van der Waals surface area contributed by atoms with Crippen LogP contribution in [0.2, 0.25) is 0 Å². The van der Waals surface area contributed by atoms with Gasteiger partial charge in [0.05, 0.1) is 24.4 Å². The summed E-state index contributed by atoms with van der Waals surface area (Å²) in [5.74, 6) is -0.629. The number of aliphatic hydroxyl groups is 4. The lowest BCUT2D eigenvalue weighted by Crippen LogP contribution is -2.45. The predicted octanol–water partition coefficient (Wildman–Crippen LogP) is 6.80. The highest BCUT2D eigenvalue weighted by Gasteiger charge is 2.26. The quantitative estimate of drug-likeness (QED) is 0.0423. The standard InChI is InChI=1S/C41H63NO7/c1-4-6-9-15-35(44)25-22-34(21-18-32-14-12-13-31(5-2)26-32)38(27-37(46)29-43)39(16-10-7-8-11-17-40(47)48)42-30-41(3,49)28-33-19-23-36(45)24-20-33/h12-14,19-20,22-26,35,37,39,42-46,49H,4-11,15-18,21,27-30H2,1-3H3,(H,47,48)/t35-,37-,39-,41-/m0/s1. The molecular weight excluding hydrogens is 618 g/mol. The number of benzene rings is 2. The van der Waals surface area contributed by atoms with E-state index in [0.717, 1.165) is 68.1 Å². The average Bonchev–Trinajstić information content (AvgIpc) is 3.07. The maximum atomic E-state index is 11.5. The van der Waals surface area contributed by atoms with E-state index in [4.69, 9.17) is 5.11 Å². The van der Waals surface area contributed by atoms with E-state index in [2.05, 4.69) is 43.4 Å². The molecule has 2 aromatic rings. The normalized spacial score (nSPS) is 15.5. The number of hydrogen-bond donors (Lipinski definition) is 7. The van der Waals surface area contributed by atoms with Gasteiger partial charge in [-0.2, -0.15) is 0 Å². The van der Waals surface area contributed by atoms with Gasteiger partial charge in [-0.25, -0.2) is 0 Å². The van der Waals surface area contributed by atoms with Gasteiger partial charge in [0, 0.05) is 25.4 Å². The lowest BCUT2D eigenvalue weighted by Gasteiger charge is -2.31. The molecule has 2 rings (SSSR count). The molecule has 8 nitrogen and oxygen atoms in total. The number of nitrogens with one attached hydrogen (secondary N) is 1. The van der Waals surface area contributed by atoms with E-state index in [0.29, 0.717) is 32.1 Å². The zero-order valence-electron chi connectivity index (χ0n) is 30.1. The molecule has 0 radical (unpaired) electrons. The van der Waals surface area contributed by atoms with Crippen LogP contribution in [0, 0.1) is 0 Å². The van der Waals surface area contributed by atoms with Gasteiger partial charge in [-0.3, -0.25) is 4.79 Å². The van der Waals surface area contributed by atoms with E-state index < -0.39 is 23.8 Å². The number of carbonyl (C=O) groups is 1. The number of rotatable bonds is 26. The largest absolute Gasteiger partial charge is 0.508 e. The Morgan fingerprint density at radius 1 is 0.898 bits per heavy atom. The highest BCUT2D eigenvalue weighted by molar-refractivity contribution is 5.66. The summed E-state index contributed by atoms with van der Waals surface area (Å²) in [6.07, 6.45) is 12.9. The number of phenolic OH excluding ortho intramolecular Hbond substituents is 1. The van der Waals surface area contributed by atoms with Crippen molar-refractivity contribution in [2.75, 3.05) is 13.2 Å². The number of aliphatic carboxylic acids is 1. The average molecular weight is 682 g/mol. The third-order valence-corrected chi connectivity index (χ3v) is 9.09. The number of allylic oxidation sites excluding steroid dienone is 2. The molecule has 0 aliphatic heterocycles. The van der Waals surface area contributed by atoms with Crippen molar-refractivity contribution in [3.8, 4) is 5.75 Å². The van der Waals surface area contributed by atoms with Gasteiger partial charge in [0.2, 0.25) is 0 Å². The van der Waals surface area contributed by atoms with Gasteiger partial charge in [-0.05, 0) is 91.8 Å². The summed E-state index contributed by atoms with van der Waals surface area (Å²) in [6, 6.07) is 15.1. The highest BCUT2D eigenvalue weighted by Crippen LogP contribution is 2.27. The molecule has 4 atom stereocenters. The van der Waals surface area contributed by atoms with Crippen LogP contribution in [0.5, 0.6) is 5.75 Å². The fourth-order valence-electron chi connectivity index (χ4n) is 6.21. The molecule has 0 saturated carbocycles. The maximum absolute atomic E-state index is 11.5. The van der Waals surface area contributed by atoms with Gasteiger partial charge in [0.15, 0.2) is 0 Å². The lowest BCUT2D eigenvalue weighted by atomic mass is 9.87. The van der Waals surface area contributed by atoms with Crippen LogP contribution in [-0.4, -0.2) is 73.6 Å². The van der Waals surface area contributed by atoms with Crippen LogP contribution in [-0.2, 0) is 24.1 Å². The molecule has 0 bridgehead atoms. The first-order valence-electron chi connectivity index (χ1n) is 18.4. The van der Waals surface area contributed by atoms with E-state index in [-0.39, 0.29) is 37.8 Å². The number of unbranched alkanes of at least 4 members (excludes halogenated alkanes) is 5. The molecule has 0 aromatic heterocycles. The van der Waals surface area contributed by atoms with Crippen molar-refractivity contribution in [2.45, 2.75) is 141 Å². The molecule has 0 aliphatic rings. The summed E-state index contributed by atoms with van der Waals surface area (Å²) in [4.78, 5) is 11.0. The van der Waals surface area contributed by atoms with Crippen molar-refractivity contribution in [1.82, 2.24) is 5.32 Å². The van der Waals surface area contributed by atoms with Crippen LogP contribution in [0.15, 0.2) is 71.8 Å². The number of carboxylic acid groups (broad SMARTS) is 1. The zero-order valence-corrected chi connectivity index (χ0v) is 30.1. The molecule has 0 aliphatic carbocycles. The third kappa shape index (κ3) is 18.0. The second-order valence-corrected chi connectivity index (χ2v) is 13.8. The van der Waals surface area contributed by atoms with Crippen molar-refractivity contribution in [3.63, 3.8) is 0 Å². The van der Waals surface area contributed by atoms with Gasteiger partial charge in [-0.1, -0.05) is 101 Å². The van der Waals surface area contributed by atoms with Gasteiger partial charge in [0.25, 0.3) is 0 Å². The number of phenols is 1. The lowest BCUT2D eigenvalue weighted by molar-refractivity contribution is -0.137. The van der Waals surface area contributed by atoms with Crippen LogP contribution >= 0.6 is 0 Å².